The Kier molecular flexibility index (Phi) is 6.38. The van der Waals surface area contributed by atoms with Gasteiger partial charge in [-0.3, -0.25) is 4.79 Å². The molecule has 2 aromatic carbocycles. The molecule has 0 radical (unpaired) electrons. The smallest absolute Gasteiger partial charge is 0.256 e. The van der Waals surface area contributed by atoms with Crippen molar-refractivity contribution >= 4 is 5.91 Å². The molecule has 1 aliphatic rings. The molecular formula is C22H25F3N2O3. The summed E-state index contributed by atoms with van der Waals surface area (Å²) in [6.07, 6.45) is 0.204. The molecule has 1 fully saturated rings. The highest BCUT2D eigenvalue weighted by atomic mass is 19.2. The van der Waals surface area contributed by atoms with Crippen molar-refractivity contribution in [2.24, 2.45) is 5.92 Å². The lowest BCUT2D eigenvalue weighted by Gasteiger charge is -2.46. The van der Waals surface area contributed by atoms with Gasteiger partial charge in [-0.25, -0.2) is 13.2 Å². The van der Waals surface area contributed by atoms with E-state index in [0.717, 1.165) is 0 Å². The normalized spacial score (nSPS) is 21.7. The number of hydrogen-bond donors (Lipinski definition) is 1. The number of aliphatic hydroxyl groups is 1. The number of piperidine rings is 1. The van der Waals surface area contributed by atoms with E-state index in [4.69, 9.17) is 4.74 Å². The van der Waals surface area contributed by atoms with Crippen LogP contribution in [-0.4, -0.2) is 61.7 Å². The Balaban J connectivity index is 1.91. The van der Waals surface area contributed by atoms with Gasteiger partial charge in [0.05, 0.1) is 18.3 Å². The lowest BCUT2D eigenvalue weighted by molar-refractivity contribution is -0.0778. The number of ether oxygens (including phenoxy) is 1. The maximum atomic E-state index is 14.1. The summed E-state index contributed by atoms with van der Waals surface area (Å²) in [6.45, 7) is 0.718. The number of carbonyl (C=O) groups excluding carboxylic acids is 1. The highest BCUT2D eigenvalue weighted by Gasteiger charge is 2.44. The molecule has 2 atom stereocenters. The SMILES string of the molecule is COc1cccc(C2(O)CCN(C(=O)c3cc(F)c(F)cc3F)CC2CN(C)C)c1. The molecule has 1 aliphatic heterocycles. The Morgan fingerprint density at radius 2 is 1.90 bits per heavy atom. The monoisotopic (exact) mass is 422 g/mol. The van der Waals surface area contributed by atoms with Crippen LogP contribution in [0, 0.1) is 23.4 Å². The standard InChI is InChI=1S/C22H25F3N2O3/c1-26(2)12-15-13-27(21(28)17-10-19(24)20(25)11-18(17)23)8-7-22(15,29)14-5-4-6-16(9-14)30-3/h4-6,9-11,15,29H,7-8,12-13H2,1-3H3. The fourth-order valence-electron chi connectivity index (χ4n) is 3.98. The van der Waals surface area contributed by atoms with Gasteiger partial charge in [-0.1, -0.05) is 12.1 Å². The number of rotatable bonds is 5. The van der Waals surface area contributed by atoms with E-state index in [1.165, 1.54) is 12.0 Å². The molecule has 0 spiro atoms. The van der Waals surface area contributed by atoms with E-state index in [-0.39, 0.29) is 19.5 Å². The third-order valence-corrected chi connectivity index (χ3v) is 5.56. The minimum Gasteiger partial charge on any atom is -0.497 e. The van der Waals surface area contributed by atoms with Crippen molar-refractivity contribution in [1.29, 1.82) is 0 Å². The van der Waals surface area contributed by atoms with Crippen LogP contribution in [0.25, 0.3) is 0 Å². The van der Waals surface area contributed by atoms with Gasteiger partial charge in [0.15, 0.2) is 11.6 Å². The number of hydrogen-bond acceptors (Lipinski definition) is 4. The van der Waals surface area contributed by atoms with E-state index >= 15 is 0 Å². The molecule has 1 saturated heterocycles. The number of benzene rings is 2. The number of methoxy groups -OCH3 is 1. The van der Waals surface area contributed by atoms with Crippen LogP contribution in [0.4, 0.5) is 13.2 Å². The van der Waals surface area contributed by atoms with Gasteiger partial charge in [0.25, 0.3) is 5.91 Å². The highest BCUT2D eigenvalue weighted by molar-refractivity contribution is 5.94. The van der Waals surface area contributed by atoms with E-state index in [1.54, 1.807) is 24.3 Å². The van der Waals surface area contributed by atoms with E-state index in [9.17, 15) is 23.1 Å². The van der Waals surface area contributed by atoms with Crippen LogP contribution in [0.15, 0.2) is 36.4 Å². The molecule has 1 amide bonds. The number of halogens is 3. The summed E-state index contributed by atoms with van der Waals surface area (Å²) in [7, 11) is 5.24. The second kappa shape index (κ2) is 8.65. The van der Waals surface area contributed by atoms with E-state index in [2.05, 4.69) is 0 Å². The van der Waals surface area contributed by atoms with Crippen molar-refractivity contribution in [2.45, 2.75) is 12.0 Å². The van der Waals surface area contributed by atoms with E-state index in [1.807, 2.05) is 19.0 Å². The van der Waals surface area contributed by atoms with Crippen LogP contribution in [0.3, 0.4) is 0 Å². The van der Waals surface area contributed by atoms with Crippen LogP contribution in [0.1, 0.15) is 22.3 Å². The molecule has 0 aromatic heterocycles. The summed E-state index contributed by atoms with van der Waals surface area (Å²) in [5.41, 5.74) is -1.09. The first kappa shape index (κ1) is 22.1. The maximum Gasteiger partial charge on any atom is 0.256 e. The van der Waals surface area contributed by atoms with Crippen LogP contribution >= 0.6 is 0 Å². The lowest BCUT2D eigenvalue weighted by atomic mass is 9.75. The molecule has 2 aromatic rings. The molecular weight excluding hydrogens is 397 g/mol. The van der Waals surface area contributed by atoms with Crippen LogP contribution in [0.2, 0.25) is 0 Å². The quantitative estimate of drug-likeness (QED) is 0.753. The molecule has 1 N–H and O–H groups in total. The molecule has 1 heterocycles. The van der Waals surface area contributed by atoms with Crippen LogP contribution < -0.4 is 4.74 Å². The molecule has 30 heavy (non-hydrogen) atoms. The topological polar surface area (TPSA) is 53.0 Å². The van der Waals surface area contributed by atoms with Crippen molar-refractivity contribution in [1.82, 2.24) is 9.80 Å². The fraction of sp³-hybridized carbons (Fsp3) is 0.409. The second-order valence-corrected chi connectivity index (χ2v) is 7.86. The van der Waals surface area contributed by atoms with Gasteiger partial charge in [0.1, 0.15) is 11.6 Å². The Labute approximate surface area is 173 Å². The van der Waals surface area contributed by atoms with Crippen molar-refractivity contribution in [3.63, 3.8) is 0 Å². The Morgan fingerprint density at radius 1 is 1.20 bits per heavy atom. The highest BCUT2D eigenvalue weighted by Crippen LogP contribution is 2.39. The minimum atomic E-state index is -1.35. The molecule has 0 saturated carbocycles. The second-order valence-electron chi connectivity index (χ2n) is 7.86. The van der Waals surface area contributed by atoms with Gasteiger partial charge < -0.3 is 19.6 Å². The summed E-state index contributed by atoms with van der Waals surface area (Å²) < 4.78 is 46.2. The van der Waals surface area contributed by atoms with Crippen molar-refractivity contribution in [3.8, 4) is 5.75 Å². The molecule has 2 unspecified atom stereocenters. The number of likely N-dealkylation sites (tertiary alicyclic amines) is 1. The Bertz CT molecular complexity index is 938. The lowest BCUT2D eigenvalue weighted by Crippen LogP contribution is -2.54. The third kappa shape index (κ3) is 4.29. The predicted octanol–water partition coefficient (Wildman–Crippen LogP) is 3.02. The van der Waals surface area contributed by atoms with Crippen LogP contribution in [-0.2, 0) is 5.60 Å². The van der Waals surface area contributed by atoms with Crippen molar-refractivity contribution < 1.29 is 27.8 Å². The minimum absolute atomic E-state index is 0.128. The average molecular weight is 422 g/mol. The summed E-state index contributed by atoms with van der Waals surface area (Å²) in [4.78, 5) is 16.1. The number of nitrogens with zero attached hydrogens (tertiary/aromatic N) is 2. The zero-order valence-corrected chi connectivity index (χ0v) is 17.2. The number of carbonyl (C=O) groups is 1. The summed E-state index contributed by atoms with van der Waals surface area (Å²) >= 11 is 0. The molecule has 8 heteroatoms. The average Bonchev–Trinajstić information content (AvgIpc) is 2.71. The zero-order valence-electron chi connectivity index (χ0n) is 17.2. The fourth-order valence-corrected chi connectivity index (χ4v) is 3.98. The van der Waals surface area contributed by atoms with Gasteiger partial charge in [0, 0.05) is 31.6 Å². The number of amides is 1. The van der Waals surface area contributed by atoms with Gasteiger partial charge in [0.2, 0.25) is 0 Å². The van der Waals surface area contributed by atoms with Gasteiger partial charge in [-0.2, -0.15) is 0 Å². The molecule has 0 aliphatic carbocycles. The van der Waals surface area contributed by atoms with Gasteiger partial charge in [-0.15, -0.1) is 0 Å². The Morgan fingerprint density at radius 3 is 2.57 bits per heavy atom. The molecule has 3 rings (SSSR count). The van der Waals surface area contributed by atoms with Crippen LogP contribution in [0.5, 0.6) is 5.75 Å². The van der Waals surface area contributed by atoms with Gasteiger partial charge in [-0.05, 0) is 44.3 Å². The van der Waals surface area contributed by atoms with E-state index in [0.29, 0.717) is 30.0 Å². The van der Waals surface area contributed by atoms with Crippen molar-refractivity contribution in [3.05, 3.63) is 65.0 Å². The first-order valence-corrected chi connectivity index (χ1v) is 9.61. The summed E-state index contributed by atoms with van der Waals surface area (Å²) in [6, 6.07) is 8.07. The maximum absolute atomic E-state index is 14.1. The first-order valence-electron chi connectivity index (χ1n) is 9.61. The van der Waals surface area contributed by atoms with Crippen molar-refractivity contribution in [2.75, 3.05) is 40.8 Å². The van der Waals surface area contributed by atoms with E-state index < -0.39 is 40.4 Å². The van der Waals surface area contributed by atoms with Gasteiger partial charge >= 0.3 is 0 Å². The summed E-state index contributed by atoms with van der Waals surface area (Å²) in [5.74, 6) is -4.27. The molecule has 162 valence electrons. The molecule has 0 bridgehead atoms. The zero-order chi connectivity index (χ0) is 22.1. The largest absolute Gasteiger partial charge is 0.497 e. The molecule has 5 nitrogen and oxygen atoms in total. The third-order valence-electron chi connectivity index (χ3n) is 5.56. The first-order chi connectivity index (χ1) is 14.2. The predicted molar refractivity (Wildman–Crippen MR) is 106 cm³/mol. The Hall–Kier alpha value is -2.58. The summed E-state index contributed by atoms with van der Waals surface area (Å²) in [5, 5.41) is 11.6.